The summed E-state index contributed by atoms with van der Waals surface area (Å²) in [5.74, 6) is -0.0866. The molecule has 0 unspecified atom stereocenters. The molecule has 0 atom stereocenters. The van der Waals surface area contributed by atoms with E-state index in [1.807, 2.05) is 6.07 Å². The first-order chi connectivity index (χ1) is 9.47. The number of nitrogens with one attached hydrogen (secondary N) is 1. The van der Waals surface area contributed by atoms with Gasteiger partial charge in [0, 0.05) is 42.3 Å². The summed E-state index contributed by atoms with van der Waals surface area (Å²) in [7, 11) is 3.45. The summed E-state index contributed by atoms with van der Waals surface area (Å²) >= 11 is 1.80. The van der Waals surface area contributed by atoms with Crippen LogP contribution < -0.4 is 5.32 Å². The lowest BCUT2D eigenvalue weighted by Gasteiger charge is -2.11. The van der Waals surface area contributed by atoms with Crippen LogP contribution in [-0.2, 0) is 6.54 Å². The van der Waals surface area contributed by atoms with Crippen LogP contribution in [0.5, 0.6) is 0 Å². The van der Waals surface area contributed by atoms with Crippen LogP contribution in [-0.4, -0.2) is 29.9 Å². The van der Waals surface area contributed by atoms with E-state index in [0.29, 0.717) is 5.69 Å². The molecule has 2 heterocycles. The Kier molecular flexibility index (Phi) is 4.39. The quantitative estimate of drug-likeness (QED) is 0.941. The average molecular weight is 289 g/mol. The molecule has 0 aliphatic carbocycles. The van der Waals surface area contributed by atoms with Crippen LogP contribution in [0.1, 0.15) is 25.8 Å². The molecule has 4 nitrogen and oxygen atoms in total. The number of hydrogen-bond donors (Lipinski definition) is 1. The number of carbonyl (C=O) groups is 1. The molecule has 0 aliphatic rings. The van der Waals surface area contributed by atoms with Crippen molar-refractivity contribution >= 4 is 22.9 Å². The van der Waals surface area contributed by atoms with Crippen LogP contribution in [0.25, 0.3) is 0 Å². The number of nitrogens with zero attached hydrogens (tertiary/aromatic N) is 2. The number of aromatic nitrogens is 1. The molecule has 0 saturated carbocycles. The Labute approximate surface area is 123 Å². The van der Waals surface area contributed by atoms with Gasteiger partial charge in [0.2, 0.25) is 0 Å². The maximum atomic E-state index is 11.9. The number of rotatable bonds is 4. The molecular weight excluding hydrogens is 270 g/mol. The van der Waals surface area contributed by atoms with Gasteiger partial charge >= 0.3 is 0 Å². The third kappa shape index (κ3) is 3.36. The molecule has 2 aromatic rings. The summed E-state index contributed by atoms with van der Waals surface area (Å²) in [5, 5.41) is 3.34. The number of thiophene rings is 1. The lowest BCUT2D eigenvalue weighted by molar-refractivity contribution is 0.0822. The van der Waals surface area contributed by atoms with Gasteiger partial charge in [0.15, 0.2) is 0 Å². The van der Waals surface area contributed by atoms with Crippen molar-refractivity contribution in [1.82, 2.24) is 9.88 Å². The maximum absolute atomic E-state index is 11.9. The molecule has 106 valence electrons. The molecule has 0 aliphatic heterocycles. The second-order valence-electron chi connectivity index (χ2n) is 4.93. The summed E-state index contributed by atoms with van der Waals surface area (Å²) in [6.45, 7) is 5.01. The van der Waals surface area contributed by atoms with Crippen molar-refractivity contribution in [3.05, 3.63) is 45.4 Å². The third-order valence-electron chi connectivity index (χ3n) is 3.07. The summed E-state index contributed by atoms with van der Waals surface area (Å²) < 4.78 is 0. The SMILES string of the molecule is Cc1cc(CNc2ccnc(C(=O)N(C)C)c2)sc1C. The van der Waals surface area contributed by atoms with E-state index in [1.165, 1.54) is 20.2 Å². The Bertz CT molecular complexity index is 600. The fourth-order valence-electron chi connectivity index (χ4n) is 1.81. The Morgan fingerprint density at radius 3 is 2.70 bits per heavy atom. The Hall–Kier alpha value is -1.88. The van der Waals surface area contributed by atoms with Crippen molar-refractivity contribution < 1.29 is 4.79 Å². The monoisotopic (exact) mass is 289 g/mol. The fraction of sp³-hybridized carbons (Fsp3) is 0.333. The van der Waals surface area contributed by atoms with Gasteiger partial charge in [0.05, 0.1) is 0 Å². The number of pyridine rings is 1. The first-order valence-corrected chi connectivity index (χ1v) is 7.26. The van der Waals surface area contributed by atoms with Crippen molar-refractivity contribution in [1.29, 1.82) is 0 Å². The third-order valence-corrected chi connectivity index (χ3v) is 4.22. The molecule has 0 saturated heterocycles. The van der Waals surface area contributed by atoms with Crippen molar-refractivity contribution in [2.24, 2.45) is 0 Å². The molecule has 0 bridgehead atoms. The second kappa shape index (κ2) is 6.05. The zero-order valence-electron chi connectivity index (χ0n) is 12.2. The Morgan fingerprint density at radius 2 is 2.10 bits per heavy atom. The average Bonchev–Trinajstić information content (AvgIpc) is 2.75. The molecule has 0 spiro atoms. The molecule has 20 heavy (non-hydrogen) atoms. The zero-order valence-corrected chi connectivity index (χ0v) is 13.0. The van der Waals surface area contributed by atoms with Crippen molar-refractivity contribution in [2.75, 3.05) is 19.4 Å². The lowest BCUT2D eigenvalue weighted by atomic mass is 10.2. The van der Waals surface area contributed by atoms with Gasteiger partial charge in [-0.15, -0.1) is 11.3 Å². The van der Waals surface area contributed by atoms with Gasteiger partial charge in [-0.25, -0.2) is 0 Å². The van der Waals surface area contributed by atoms with Crippen LogP contribution in [0.4, 0.5) is 5.69 Å². The molecule has 2 aromatic heterocycles. The van der Waals surface area contributed by atoms with Crippen molar-refractivity contribution in [3.63, 3.8) is 0 Å². The normalized spacial score (nSPS) is 10.4. The molecule has 2 rings (SSSR count). The predicted octanol–water partition coefficient (Wildman–Crippen LogP) is 3.07. The maximum Gasteiger partial charge on any atom is 0.272 e. The Morgan fingerprint density at radius 1 is 1.35 bits per heavy atom. The number of carbonyl (C=O) groups excluding carboxylic acids is 1. The largest absolute Gasteiger partial charge is 0.380 e. The highest BCUT2D eigenvalue weighted by molar-refractivity contribution is 7.12. The first-order valence-electron chi connectivity index (χ1n) is 6.45. The number of hydrogen-bond acceptors (Lipinski definition) is 4. The van der Waals surface area contributed by atoms with E-state index in [1.54, 1.807) is 37.7 Å². The molecule has 1 amide bonds. The number of aryl methyl sites for hydroxylation is 2. The van der Waals surface area contributed by atoms with Crippen LogP contribution in [0, 0.1) is 13.8 Å². The first kappa shape index (κ1) is 14.5. The summed E-state index contributed by atoms with van der Waals surface area (Å²) in [6.07, 6.45) is 1.66. The number of amides is 1. The van der Waals surface area contributed by atoms with Gasteiger partial charge in [-0.05, 0) is 37.6 Å². The molecule has 0 aromatic carbocycles. The highest BCUT2D eigenvalue weighted by Gasteiger charge is 2.10. The fourth-order valence-corrected chi connectivity index (χ4v) is 2.81. The van der Waals surface area contributed by atoms with Crippen LogP contribution in [0.15, 0.2) is 24.4 Å². The van der Waals surface area contributed by atoms with E-state index in [0.717, 1.165) is 12.2 Å². The highest BCUT2D eigenvalue weighted by Crippen LogP contribution is 2.21. The van der Waals surface area contributed by atoms with Crippen molar-refractivity contribution in [2.45, 2.75) is 20.4 Å². The molecular formula is C15H19N3OS. The summed E-state index contributed by atoms with van der Waals surface area (Å²) in [5.41, 5.74) is 2.69. The minimum atomic E-state index is -0.0866. The van der Waals surface area contributed by atoms with E-state index < -0.39 is 0 Å². The van der Waals surface area contributed by atoms with E-state index >= 15 is 0 Å². The van der Waals surface area contributed by atoms with Gasteiger partial charge in [0.1, 0.15) is 5.69 Å². The predicted molar refractivity (Wildman–Crippen MR) is 83.4 cm³/mol. The van der Waals surface area contributed by atoms with E-state index in [9.17, 15) is 4.79 Å². The van der Waals surface area contributed by atoms with Gasteiger partial charge in [-0.3, -0.25) is 9.78 Å². The highest BCUT2D eigenvalue weighted by atomic mass is 32.1. The van der Waals surface area contributed by atoms with Crippen molar-refractivity contribution in [3.8, 4) is 0 Å². The minimum absolute atomic E-state index is 0.0866. The molecule has 1 N–H and O–H groups in total. The smallest absolute Gasteiger partial charge is 0.272 e. The summed E-state index contributed by atoms with van der Waals surface area (Å²) in [4.78, 5) is 20.1. The van der Waals surface area contributed by atoms with Gasteiger partial charge in [0.25, 0.3) is 5.91 Å². The summed E-state index contributed by atoms with van der Waals surface area (Å²) in [6, 6.07) is 5.86. The van der Waals surface area contributed by atoms with Crippen LogP contribution >= 0.6 is 11.3 Å². The zero-order chi connectivity index (χ0) is 14.7. The van der Waals surface area contributed by atoms with Crippen LogP contribution in [0.3, 0.4) is 0 Å². The van der Waals surface area contributed by atoms with Gasteiger partial charge in [-0.1, -0.05) is 0 Å². The number of anilines is 1. The lowest BCUT2D eigenvalue weighted by Crippen LogP contribution is -2.22. The van der Waals surface area contributed by atoms with Crippen LogP contribution in [0.2, 0.25) is 0 Å². The molecule has 0 radical (unpaired) electrons. The minimum Gasteiger partial charge on any atom is -0.380 e. The molecule has 5 heteroatoms. The van der Waals surface area contributed by atoms with Gasteiger partial charge in [-0.2, -0.15) is 0 Å². The van der Waals surface area contributed by atoms with E-state index in [-0.39, 0.29) is 5.91 Å². The second-order valence-corrected chi connectivity index (χ2v) is 6.28. The Balaban J connectivity index is 2.06. The standard InChI is InChI=1S/C15H19N3OS/c1-10-7-13(20-11(10)2)9-17-12-5-6-16-14(8-12)15(19)18(3)4/h5-8H,9H2,1-4H3,(H,16,17). The molecule has 0 fully saturated rings. The van der Waals surface area contributed by atoms with E-state index in [4.69, 9.17) is 0 Å². The topological polar surface area (TPSA) is 45.2 Å². The van der Waals surface area contributed by atoms with E-state index in [2.05, 4.69) is 30.2 Å². The van der Waals surface area contributed by atoms with Gasteiger partial charge < -0.3 is 10.2 Å².